The lowest BCUT2D eigenvalue weighted by Gasteiger charge is -2.13. The zero-order valence-corrected chi connectivity index (χ0v) is 17.2. The fourth-order valence-corrected chi connectivity index (χ4v) is 4.24. The van der Waals surface area contributed by atoms with Crippen LogP contribution in [-0.2, 0) is 21.4 Å². The van der Waals surface area contributed by atoms with Gasteiger partial charge in [0.15, 0.2) is 5.16 Å². The number of imidazole rings is 1. The van der Waals surface area contributed by atoms with Gasteiger partial charge in [-0.3, -0.25) is 4.79 Å². The molecule has 0 aliphatic rings. The van der Waals surface area contributed by atoms with Crippen LogP contribution in [0.2, 0.25) is 0 Å². The summed E-state index contributed by atoms with van der Waals surface area (Å²) in [5.41, 5.74) is 0.579. The van der Waals surface area contributed by atoms with Crippen LogP contribution in [0.15, 0.2) is 46.5 Å². The van der Waals surface area contributed by atoms with E-state index >= 15 is 0 Å². The average molecular weight is 440 g/mol. The van der Waals surface area contributed by atoms with Crippen LogP contribution in [0.25, 0.3) is 11.0 Å². The Labute approximate surface area is 170 Å². The van der Waals surface area contributed by atoms with E-state index in [1.165, 1.54) is 18.2 Å². The van der Waals surface area contributed by atoms with Crippen molar-refractivity contribution in [1.82, 2.24) is 9.55 Å². The number of sulfonamides is 1. The molecule has 1 amide bonds. The number of para-hydroxylation sites is 1. The fraction of sp³-hybridized carbons (Fsp3) is 0.222. The summed E-state index contributed by atoms with van der Waals surface area (Å²) >= 11 is 1.09. The van der Waals surface area contributed by atoms with Gasteiger partial charge in [-0.1, -0.05) is 17.8 Å². The van der Waals surface area contributed by atoms with Crippen LogP contribution < -0.4 is 10.5 Å². The highest BCUT2D eigenvalue weighted by Gasteiger charge is 2.22. The van der Waals surface area contributed by atoms with Crippen LogP contribution in [-0.4, -0.2) is 29.1 Å². The molecular formula is C18H18F2N4O3S2. The molecule has 3 rings (SSSR count). The molecule has 0 saturated carbocycles. The Morgan fingerprint density at radius 1 is 1.28 bits per heavy atom. The number of rotatable bonds is 6. The summed E-state index contributed by atoms with van der Waals surface area (Å²) in [4.78, 5) is 16.8. The maximum atomic E-state index is 13.8. The average Bonchev–Trinajstić information content (AvgIpc) is 2.99. The lowest BCUT2D eigenvalue weighted by molar-refractivity contribution is -0.115. The molecule has 0 bridgehead atoms. The SMILES string of the molecule is CCn1c(SC(C)C(=O)Nc2c(F)cccc2F)nc2cc(S(N)(=O)=O)ccc21. The Balaban J connectivity index is 1.87. The smallest absolute Gasteiger partial charge is 0.238 e. The molecule has 0 fully saturated rings. The van der Waals surface area contributed by atoms with Crippen molar-refractivity contribution in [1.29, 1.82) is 0 Å². The van der Waals surface area contributed by atoms with Crippen molar-refractivity contribution < 1.29 is 22.0 Å². The minimum Gasteiger partial charge on any atom is -0.320 e. The summed E-state index contributed by atoms with van der Waals surface area (Å²) in [5, 5.41) is 7.15. The normalized spacial score (nSPS) is 12.9. The van der Waals surface area contributed by atoms with Crippen LogP contribution in [0, 0.1) is 11.6 Å². The molecule has 2 aromatic carbocycles. The van der Waals surface area contributed by atoms with Crippen molar-refractivity contribution >= 4 is 44.4 Å². The van der Waals surface area contributed by atoms with E-state index in [1.54, 1.807) is 17.6 Å². The van der Waals surface area contributed by atoms with Gasteiger partial charge in [-0.05, 0) is 44.2 Å². The summed E-state index contributed by atoms with van der Waals surface area (Å²) in [5.74, 6) is -2.34. The molecule has 1 heterocycles. The van der Waals surface area contributed by atoms with Crippen LogP contribution in [0.1, 0.15) is 13.8 Å². The first-order chi connectivity index (χ1) is 13.6. The standard InChI is InChI=1S/C18H18F2N4O3S2/c1-3-24-15-8-7-11(29(21,26)27)9-14(15)22-18(24)28-10(2)17(25)23-16-12(19)5-4-6-13(16)20/h4-10H,3H2,1-2H3,(H,23,25)(H2,21,26,27). The number of hydrogen-bond donors (Lipinski definition) is 2. The molecule has 0 saturated heterocycles. The molecule has 3 N–H and O–H groups in total. The molecule has 3 aromatic rings. The van der Waals surface area contributed by atoms with Crippen LogP contribution in [0.3, 0.4) is 0 Å². The third kappa shape index (κ3) is 4.41. The lowest BCUT2D eigenvalue weighted by Crippen LogP contribution is -2.24. The zero-order valence-electron chi connectivity index (χ0n) is 15.5. The molecule has 7 nitrogen and oxygen atoms in total. The van der Waals surface area contributed by atoms with Crippen LogP contribution >= 0.6 is 11.8 Å². The van der Waals surface area contributed by atoms with Gasteiger partial charge in [0.05, 0.1) is 21.2 Å². The molecule has 1 aromatic heterocycles. The van der Waals surface area contributed by atoms with E-state index in [2.05, 4.69) is 10.3 Å². The van der Waals surface area contributed by atoms with Gasteiger partial charge in [0.25, 0.3) is 0 Å². The van der Waals surface area contributed by atoms with Crippen LogP contribution in [0.4, 0.5) is 14.5 Å². The first-order valence-corrected chi connectivity index (χ1v) is 11.0. The molecule has 154 valence electrons. The molecule has 1 unspecified atom stereocenters. The second kappa shape index (κ2) is 8.09. The predicted octanol–water partition coefficient (Wildman–Crippen LogP) is 3.10. The van der Waals surface area contributed by atoms with Crippen molar-refractivity contribution in [3.05, 3.63) is 48.0 Å². The van der Waals surface area contributed by atoms with Gasteiger partial charge in [0.1, 0.15) is 17.3 Å². The maximum absolute atomic E-state index is 13.8. The highest BCUT2D eigenvalue weighted by atomic mass is 32.2. The number of carbonyl (C=O) groups excluding carboxylic acids is 1. The molecule has 11 heteroatoms. The number of benzene rings is 2. The fourth-order valence-electron chi connectivity index (χ4n) is 2.71. The number of thioether (sulfide) groups is 1. The number of primary sulfonamides is 1. The van der Waals surface area contributed by atoms with E-state index in [0.29, 0.717) is 22.7 Å². The molecule has 1 atom stereocenters. The highest BCUT2D eigenvalue weighted by Crippen LogP contribution is 2.29. The number of aromatic nitrogens is 2. The summed E-state index contributed by atoms with van der Waals surface area (Å²) in [6, 6.07) is 7.65. The largest absolute Gasteiger partial charge is 0.320 e. The number of carbonyl (C=O) groups is 1. The third-order valence-corrected chi connectivity index (χ3v) is 6.19. The Morgan fingerprint density at radius 2 is 1.93 bits per heavy atom. The number of nitrogens with one attached hydrogen (secondary N) is 1. The molecule has 0 radical (unpaired) electrons. The van der Waals surface area contributed by atoms with Crippen LogP contribution in [0.5, 0.6) is 0 Å². The van der Waals surface area contributed by atoms with E-state index < -0.39 is 38.5 Å². The molecule has 29 heavy (non-hydrogen) atoms. The molecule has 0 spiro atoms. The molecule has 0 aliphatic heterocycles. The third-order valence-electron chi connectivity index (χ3n) is 4.19. The number of anilines is 1. The number of halogens is 2. The summed E-state index contributed by atoms with van der Waals surface area (Å²) in [7, 11) is -3.88. The maximum Gasteiger partial charge on any atom is 0.238 e. The number of hydrogen-bond acceptors (Lipinski definition) is 5. The number of aryl methyl sites for hydroxylation is 1. The highest BCUT2D eigenvalue weighted by molar-refractivity contribution is 8.00. The summed E-state index contributed by atoms with van der Waals surface area (Å²) < 4.78 is 52.4. The minimum atomic E-state index is -3.88. The lowest BCUT2D eigenvalue weighted by atomic mass is 10.3. The summed E-state index contributed by atoms with van der Waals surface area (Å²) in [6.45, 7) is 3.97. The molecule has 0 aliphatic carbocycles. The Hall–Kier alpha value is -2.50. The van der Waals surface area contributed by atoms with E-state index in [-0.39, 0.29) is 4.90 Å². The minimum absolute atomic E-state index is 0.0666. The Kier molecular flexibility index (Phi) is 5.92. The number of fused-ring (bicyclic) bond motifs is 1. The van der Waals surface area contributed by atoms with E-state index in [4.69, 9.17) is 5.14 Å². The quantitative estimate of drug-likeness (QED) is 0.573. The first kappa shape index (κ1) is 21.2. The van der Waals surface area contributed by atoms with Gasteiger partial charge in [-0.15, -0.1) is 0 Å². The predicted molar refractivity (Wildman–Crippen MR) is 107 cm³/mol. The van der Waals surface area contributed by atoms with Crippen molar-refractivity contribution in [3.63, 3.8) is 0 Å². The van der Waals surface area contributed by atoms with E-state index in [0.717, 1.165) is 23.9 Å². The zero-order chi connectivity index (χ0) is 21.3. The van der Waals surface area contributed by atoms with Crippen molar-refractivity contribution in [3.8, 4) is 0 Å². The number of nitrogens with two attached hydrogens (primary N) is 1. The van der Waals surface area contributed by atoms with Gasteiger partial charge in [-0.25, -0.2) is 27.3 Å². The summed E-state index contributed by atoms with van der Waals surface area (Å²) in [6.07, 6.45) is 0. The van der Waals surface area contributed by atoms with Gasteiger partial charge in [0, 0.05) is 6.54 Å². The van der Waals surface area contributed by atoms with Gasteiger partial charge < -0.3 is 9.88 Å². The van der Waals surface area contributed by atoms with Gasteiger partial charge in [0.2, 0.25) is 15.9 Å². The van der Waals surface area contributed by atoms with Crippen molar-refractivity contribution in [2.75, 3.05) is 5.32 Å². The molecular weight excluding hydrogens is 422 g/mol. The second-order valence-electron chi connectivity index (χ2n) is 6.18. The Bertz CT molecular complexity index is 1180. The number of amides is 1. The number of nitrogens with zero attached hydrogens (tertiary/aromatic N) is 2. The van der Waals surface area contributed by atoms with Crippen molar-refractivity contribution in [2.45, 2.75) is 35.7 Å². The van der Waals surface area contributed by atoms with E-state index in [1.807, 2.05) is 6.92 Å². The monoisotopic (exact) mass is 440 g/mol. The van der Waals surface area contributed by atoms with Gasteiger partial charge in [-0.2, -0.15) is 0 Å². The topological polar surface area (TPSA) is 107 Å². The van der Waals surface area contributed by atoms with Crippen molar-refractivity contribution in [2.24, 2.45) is 5.14 Å². The Morgan fingerprint density at radius 3 is 2.52 bits per heavy atom. The van der Waals surface area contributed by atoms with Gasteiger partial charge >= 0.3 is 0 Å². The second-order valence-corrected chi connectivity index (χ2v) is 9.05. The van der Waals surface area contributed by atoms with E-state index in [9.17, 15) is 22.0 Å². The first-order valence-electron chi connectivity index (χ1n) is 8.56.